The summed E-state index contributed by atoms with van der Waals surface area (Å²) in [5, 5.41) is 6.91. The number of benzene rings is 3. The van der Waals surface area contributed by atoms with Crippen LogP contribution in [0.25, 0.3) is 11.1 Å². The molecule has 3 heteroatoms. The first-order chi connectivity index (χ1) is 13.4. The van der Waals surface area contributed by atoms with Gasteiger partial charge >= 0.3 is 0 Å². The average Bonchev–Trinajstić information content (AvgIpc) is 3.08. The molecule has 3 aromatic carbocycles. The zero-order valence-corrected chi connectivity index (χ0v) is 15.4. The minimum Gasteiger partial charge on any atom is -0.322 e. The van der Waals surface area contributed by atoms with E-state index >= 15 is 0 Å². The van der Waals surface area contributed by atoms with Gasteiger partial charge in [0.2, 0.25) is 0 Å². The van der Waals surface area contributed by atoms with Gasteiger partial charge in [-0.25, -0.2) is 0 Å². The maximum atomic E-state index is 4.70. The van der Waals surface area contributed by atoms with Gasteiger partial charge in [-0.05, 0) is 16.7 Å². The maximum absolute atomic E-state index is 4.70. The van der Waals surface area contributed by atoms with E-state index in [0.29, 0.717) is 6.04 Å². The number of hydrogen-bond acceptors (Lipinski definition) is 2. The van der Waals surface area contributed by atoms with E-state index in [0.717, 1.165) is 31.7 Å². The summed E-state index contributed by atoms with van der Waals surface area (Å²) in [5.41, 5.74) is 6.95. The molecular weight excluding hydrogens is 330 g/mol. The van der Waals surface area contributed by atoms with Gasteiger partial charge < -0.3 is 4.90 Å². The van der Waals surface area contributed by atoms with E-state index in [2.05, 4.69) is 77.8 Å². The molecule has 0 saturated carbocycles. The number of hydrogen-bond donors (Lipinski definition) is 1. The highest BCUT2D eigenvalue weighted by Gasteiger charge is 2.37. The van der Waals surface area contributed by atoms with Crippen LogP contribution in [0.5, 0.6) is 0 Å². The van der Waals surface area contributed by atoms with Crippen LogP contribution in [0.3, 0.4) is 0 Å². The number of rotatable bonds is 3. The predicted octanol–water partition coefficient (Wildman–Crippen LogP) is 2.99. The fourth-order valence-corrected chi connectivity index (χ4v) is 4.47. The molecule has 1 saturated heterocycles. The molecule has 5 rings (SSSR count). The van der Waals surface area contributed by atoms with E-state index in [-0.39, 0.29) is 0 Å². The maximum Gasteiger partial charge on any atom is 0.140 e. The quantitative estimate of drug-likeness (QED) is 0.717. The molecule has 1 N–H and O–H groups in total. The lowest BCUT2D eigenvalue weighted by atomic mass is 10.0. The Labute approximate surface area is 160 Å². The Bertz CT molecular complexity index is 911. The van der Waals surface area contributed by atoms with Gasteiger partial charge in [-0.3, -0.25) is 5.01 Å². The van der Waals surface area contributed by atoms with Crippen molar-refractivity contribution in [1.29, 1.82) is 0 Å². The number of nitrogens with zero attached hydrogens (tertiary/aromatic N) is 2. The molecule has 27 heavy (non-hydrogen) atoms. The van der Waals surface area contributed by atoms with Gasteiger partial charge in [-0.1, -0.05) is 78.9 Å². The van der Waals surface area contributed by atoms with Crippen LogP contribution < -0.4 is 4.90 Å². The summed E-state index contributed by atoms with van der Waals surface area (Å²) >= 11 is 0. The summed E-state index contributed by atoms with van der Waals surface area (Å²) in [7, 11) is 0. The number of quaternary nitrogens is 1. The summed E-state index contributed by atoms with van der Waals surface area (Å²) < 4.78 is 0. The molecule has 1 aliphatic carbocycles. The van der Waals surface area contributed by atoms with Gasteiger partial charge in [0.15, 0.2) is 0 Å². The molecule has 134 valence electrons. The molecule has 0 bridgehead atoms. The SMILES string of the molecule is C(=N\N1CC[NH+](C2c3ccccc3-c3ccccc32)CC1)/c1ccccc1. The van der Waals surface area contributed by atoms with Crippen molar-refractivity contribution in [3.63, 3.8) is 0 Å². The molecule has 0 amide bonds. The van der Waals surface area contributed by atoms with Crippen molar-refractivity contribution in [1.82, 2.24) is 5.01 Å². The molecule has 0 unspecified atom stereocenters. The normalized spacial score (nSPS) is 17.3. The topological polar surface area (TPSA) is 20.0 Å². The Morgan fingerprint density at radius 2 is 1.30 bits per heavy atom. The second-order valence-electron chi connectivity index (χ2n) is 7.37. The molecule has 2 aliphatic rings. The Hall–Kier alpha value is -2.91. The van der Waals surface area contributed by atoms with Gasteiger partial charge in [0.05, 0.1) is 32.4 Å². The summed E-state index contributed by atoms with van der Waals surface area (Å²) in [6, 6.07) is 28.6. The monoisotopic (exact) mass is 354 g/mol. The van der Waals surface area contributed by atoms with Crippen LogP contribution >= 0.6 is 0 Å². The minimum absolute atomic E-state index is 0.456. The van der Waals surface area contributed by atoms with Crippen molar-refractivity contribution >= 4 is 6.21 Å². The fraction of sp³-hybridized carbons (Fsp3) is 0.208. The second kappa shape index (κ2) is 7.01. The Kier molecular flexibility index (Phi) is 4.23. The van der Waals surface area contributed by atoms with E-state index in [1.54, 1.807) is 4.90 Å². The molecule has 0 aromatic heterocycles. The highest BCUT2D eigenvalue weighted by Crippen LogP contribution is 2.41. The molecular formula is C24H24N3+. The van der Waals surface area contributed by atoms with Gasteiger partial charge in [-0.15, -0.1) is 0 Å². The molecule has 0 atom stereocenters. The largest absolute Gasteiger partial charge is 0.322 e. The van der Waals surface area contributed by atoms with Crippen LogP contribution in [0, 0.1) is 0 Å². The Balaban J connectivity index is 1.33. The first-order valence-corrected chi connectivity index (χ1v) is 9.77. The van der Waals surface area contributed by atoms with Gasteiger partial charge in [-0.2, -0.15) is 5.10 Å². The van der Waals surface area contributed by atoms with Gasteiger partial charge in [0, 0.05) is 11.1 Å². The molecule has 1 aliphatic heterocycles. The Morgan fingerprint density at radius 1 is 0.741 bits per heavy atom. The Morgan fingerprint density at radius 3 is 1.93 bits per heavy atom. The van der Waals surface area contributed by atoms with Crippen LogP contribution in [0.1, 0.15) is 22.7 Å². The molecule has 0 radical (unpaired) electrons. The minimum atomic E-state index is 0.456. The zero-order chi connectivity index (χ0) is 18.1. The first-order valence-electron chi connectivity index (χ1n) is 9.77. The molecule has 1 heterocycles. The van der Waals surface area contributed by atoms with Crippen molar-refractivity contribution in [2.75, 3.05) is 26.2 Å². The third-order valence-corrected chi connectivity index (χ3v) is 5.79. The molecule has 1 fully saturated rings. The second-order valence-corrected chi connectivity index (χ2v) is 7.37. The lowest BCUT2D eigenvalue weighted by Crippen LogP contribution is -3.14. The third-order valence-electron chi connectivity index (χ3n) is 5.79. The van der Waals surface area contributed by atoms with Crippen LogP contribution in [-0.4, -0.2) is 37.4 Å². The van der Waals surface area contributed by atoms with E-state index in [9.17, 15) is 0 Å². The first kappa shape index (κ1) is 16.3. The smallest absolute Gasteiger partial charge is 0.140 e. The number of piperazine rings is 1. The number of nitrogens with one attached hydrogen (secondary N) is 1. The van der Waals surface area contributed by atoms with Crippen LogP contribution in [0.15, 0.2) is 84.0 Å². The van der Waals surface area contributed by atoms with Crippen LogP contribution in [-0.2, 0) is 0 Å². The average molecular weight is 354 g/mol. The highest BCUT2D eigenvalue weighted by molar-refractivity contribution is 5.79. The summed E-state index contributed by atoms with van der Waals surface area (Å²) in [6.45, 7) is 4.22. The highest BCUT2D eigenvalue weighted by atomic mass is 15.5. The van der Waals surface area contributed by atoms with E-state index in [4.69, 9.17) is 5.10 Å². The van der Waals surface area contributed by atoms with Crippen molar-refractivity contribution in [2.45, 2.75) is 6.04 Å². The molecule has 3 aromatic rings. The zero-order valence-electron chi connectivity index (χ0n) is 15.4. The number of fused-ring (bicyclic) bond motifs is 3. The van der Waals surface area contributed by atoms with Crippen molar-refractivity contribution in [3.8, 4) is 11.1 Å². The predicted molar refractivity (Wildman–Crippen MR) is 110 cm³/mol. The van der Waals surface area contributed by atoms with E-state index < -0.39 is 0 Å². The van der Waals surface area contributed by atoms with Gasteiger partial charge in [0.25, 0.3) is 0 Å². The van der Waals surface area contributed by atoms with Gasteiger partial charge in [0.1, 0.15) is 6.04 Å². The standard InChI is InChI=1S/C24H23N3/c1-2-8-19(9-3-1)18-25-27-16-14-26(15-17-27)24-22-12-6-4-10-20(22)21-11-5-7-13-23(21)24/h1-13,18,24H,14-17H2/p+1/b25-18+. The lowest BCUT2D eigenvalue weighted by Gasteiger charge is -2.34. The van der Waals surface area contributed by atoms with Crippen LogP contribution in [0.2, 0.25) is 0 Å². The summed E-state index contributed by atoms with van der Waals surface area (Å²) in [6.07, 6.45) is 1.98. The van der Waals surface area contributed by atoms with E-state index in [1.807, 2.05) is 12.3 Å². The van der Waals surface area contributed by atoms with Crippen molar-refractivity contribution in [2.24, 2.45) is 5.10 Å². The molecule has 3 nitrogen and oxygen atoms in total. The van der Waals surface area contributed by atoms with Crippen molar-refractivity contribution < 1.29 is 4.90 Å². The third kappa shape index (κ3) is 3.04. The van der Waals surface area contributed by atoms with Crippen molar-refractivity contribution in [3.05, 3.63) is 95.6 Å². The molecule has 0 spiro atoms. The lowest BCUT2D eigenvalue weighted by molar-refractivity contribution is -0.929. The summed E-state index contributed by atoms with van der Waals surface area (Å²) in [4.78, 5) is 1.65. The summed E-state index contributed by atoms with van der Waals surface area (Å²) in [5.74, 6) is 0. The van der Waals surface area contributed by atoms with E-state index in [1.165, 1.54) is 22.3 Å². The fourth-order valence-electron chi connectivity index (χ4n) is 4.47. The number of hydrazone groups is 1. The van der Waals surface area contributed by atoms with Crippen LogP contribution in [0.4, 0.5) is 0 Å².